The average Bonchev–Trinajstić information content (AvgIpc) is 2.91. The summed E-state index contributed by atoms with van der Waals surface area (Å²) in [6.07, 6.45) is 2.41. The molecule has 0 saturated carbocycles. The van der Waals surface area contributed by atoms with E-state index in [0.717, 1.165) is 0 Å². The van der Waals surface area contributed by atoms with Gasteiger partial charge in [0.05, 0.1) is 11.0 Å². The molecule has 0 aliphatic carbocycles. The Morgan fingerprint density at radius 2 is 1.43 bits per heavy atom. The highest BCUT2D eigenvalue weighted by Crippen LogP contribution is 2.14. The summed E-state index contributed by atoms with van der Waals surface area (Å²) < 4.78 is 5.39. The number of nitrogens with one attached hydrogen (secondary N) is 2. The van der Waals surface area contributed by atoms with Gasteiger partial charge in [0.25, 0.3) is 5.91 Å². The Kier molecular flexibility index (Phi) is 7.98. The topological polar surface area (TPSA) is 96.5 Å². The van der Waals surface area contributed by atoms with E-state index < -0.39 is 12.0 Å². The number of fused-ring (bicyclic) bond motifs is 1. The molecule has 0 aliphatic heterocycles. The molecule has 1 aromatic heterocycles. The highest BCUT2D eigenvalue weighted by atomic mass is 16.6. The van der Waals surface area contributed by atoms with E-state index in [1.807, 2.05) is 43.3 Å². The zero-order valence-electron chi connectivity index (χ0n) is 19.4. The highest BCUT2D eigenvalue weighted by molar-refractivity contribution is 5.97. The zero-order valence-corrected chi connectivity index (χ0v) is 19.4. The molecule has 8 heteroatoms. The van der Waals surface area contributed by atoms with Crippen molar-refractivity contribution in [3.05, 3.63) is 108 Å². The molecule has 0 spiro atoms. The van der Waals surface area contributed by atoms with Crippen molar-refractivity contribution in [2.45, 2.75) is 26.1 Å². The predicted octanol–water partition coefficient (Wildman–Crippen LogP) is 4.09. The predicted molar refractivity (Wildman–Crippen MR) is 133 cm³/mol. The smallest absolute Gasteiger partial charge is 0.426 e. The van der Waals surface area contributed by atoms with E-state index in [9.17, 15) is 9.59 Å². The number of carbonyl (C=O) groups is 2. The molecule has 1 heterocycles. The molecule has 178 valence electrons. The first-order chi connectivity index (χ1) is 17.1. The Hall–Kier alpha value is -4.30. The maximum Gasteiger partial charge on any atom is 0.426 e. The Labute approximate surface area is 203 Å². The van der Waals surface area contributed by atoms with Crippen LogP contribution in [0.25, 0.3) is 11.0 Å². The second-order valence-electron chi connectivity index (χ2n) is 8.16. The molecule has 1 unspecified atom stereocenters. The van der Waals surface area contributed by atoms with Crippen molar-refractivity contribution in [2.75, 3.05) is 6.61 Å². The fourth-order valence-electron chi connectivity index (χ4n) is 3.63. The number of carbonyl (C=O) groups excluding carboxylic acids is 2. The molecule has 0 saturated heterocycles. The van der Waals surface area contributed by atoms with E-state index >= 15 is 0 Å². The maximum absolute atomic E-state index is 12.4. The minimum Gasteiger partial charge on any atom is -0.447 e. The fraction of sp³-hybridized carbons (Fsp3) is 0.185. The minimum atomic E-state index is -0.731. The minimum absolute atomic E-state index is 0.0593. The fourth-order valence-corrected chi connectivity index (χ4v) is 3.63. The summed E-state index contributed by atoms with van der Waals surface area (Å²) in [5.41, 5.74) is 8.65. The van der Waals surface area contributed by atoms with Gasteiger partial charge in [-0.2, -0.15) is 0 Å². The summed E-state index contributed by atoms with van der Waals surface area (Å²) in [6.45, 7) is 3.59. The van der Waals surface area contributed by atoms with Gasteiger partial charge in [-0.15, -0.1) is 0 Å². The zero-order chi connectivity index (χ0) is 24.5. The molecule has 0 radical (unpaired) electrons. The number of hydrogen-bond acceptors (Lipinski definition) is 6. The van der Waals surface area contributed by atoms with Crippen LogP contribution in [0.15, 0.2) is 91.3 Å². The largest absolute Gasteiger partial charge is 0.447 e. The molecule has 4 rings (SSSR count). The first-order valence-electron chi connectivity index (χ1n) is 11.3. The second-order valence-corrected chi connectivity index (χ2v) is 8.16. The Morgan fingerprint density at radius 1 is 0.829 bits per heavy atom. The van der Waals surface area contributed by atoms with Crippen LogP contribution in [-0.2, 0) is 17.8 Å². The average molecular weight is 470 g/mol. The van der Waals surface area contributed by atoms with Gasteiger partial charge in [0.15, 0.2) is 0 Å². The van der Waals surface area contributed by atoms with Crippen LogP contribution in [0.2, 0.25) is 0 Å². The van der Waals surface area contributed by atoms with Gasteiger partial charge in [-0.3, -0.25) is 25.1 Å². The van der Waals surface area contributed by atoms with E-state index in [1.165, 1.54) is 11.1 Å². The quantitative estimate of drug-likeness (QED) is 0.377. The highest BCUT2D eigenvalue weighted by Gasteiger charge is 2.17. The third-order valence-electron chi connectivity index (χ3n) is 5.55. The number of ether oxygens (including phenoxy) is 1. The van der Waals surface area contributed by atoms with Gasteiger partial charge in [0.1, 0.15) is 6.61 Å². The van der Waals surface area contributed by atoms with Gasteiger partial charge in [0, 0.05) is 37.1 Å². The Balaban J connectivity index is 1.30. The maximum atomic E-state index is 12.4. The Morgan fingerprint density at radius 3 is 2.06 bits per heavy atom. The number of benzene rings is 3. The van der Waals surface area contributed by atoms with Crippen LogP contribution in [0.5, 0.6) is 0 Å². The number of aromatic nitrogens is 2. The lowest BCUT2D eigenvalue weighted by molar-refractivity contribution is 0.0800. The van der Waals surface area contributed by atoms with Crippen molar-refractivity contribution < 1.29 is 14.3 Å². The van der Waals surface area contributed by atoms with E-state index in [-0.39, 0.29) is 12.6 Å². The molecule has 1 atom stereocenters. The second kappa shape index (κ2) is 11.7. The van der Waals surface area contributed by atoms with Crippen molar-refractivity contribution in [1.29, 1.82) is 0 Å². The first-order valence-corrected chi connectivity index (χ1v) is 11.3. The van der Waals surface area contributed by atoms with Crippen LogP contribution in [0.1, 0.15) is 28.4 Å². The summed E-state index contributed by atoms with van der Waals surface area (Å²) in [5, 5.41) is 0. The van der Waals surface area contributed by atoms with Crippen molar-refractivity contribution in [1.82, 2.24) is 25.7 Å². The number of rotatable bonds is 8. The normalized spacial score (nSPS) is 11.7. The molecule has 4 aromatic rings. The van der Waals surface area contributed by atoms with E-state index in [4.69, 9.17) is 4.74 Å². The van der Waals surface area contributed by atoms with Crippen LogP contribution < -0.4 is 10.9 Å². The molecule has 35 heavy (non-hydrogen) atoms. The number of amides is 2. The summed E-state index contributed by atoms with van der Waals surface area (Å²) in [6, 6.07) is 25.2. The third kappa shape index (κ3) is 6.84. The molecular formula is C27H27N5O3. The van der Waals surface area contributed by atoms with Gasteiger partial charge in [-0.25, -0.2) is 10.2 Å². The van der Waals surface area contributed by atoms with Gasteiger partial charge < -0.3 is 4.74 Å². The standard InChI is InChI=1S/C27H27N5O3/c1-20(32(17-21-8-4-2-5-9-21)18-22-10-6-3-7-11-22)19-35-27(34)31-30-26(33)23-12-13-24-25(16-23)29-15-14-28-24/h2-16,20H,17-19H2,1H3,(H,30,33)(H,31,34). The van der Waals surface area contributed by atoms with Gasteiger partial charge in [0.2, 0.25) is 0 Å². The molecule has 2 N–H and O–H groups in total. The Bertz CT molecular complexity index is 1230. The van der Waals surface area contributed by atoms with Gasteiger partial charge >= 0.3 is 6.09 Å². The van der Waals surface area contributed by atoms with Gasteiger partial charge in [-0.05, 0) is 36.2 Å². The van der Waals surface area contributed by atoms with Crippen molar-refractivity contribution in [3.8, 4) is 0 Å². The van der Waals surface area contributed by atoms with Crippen LogP contribution in [-0.4, -0.2) is 39.5 Å². The third-order valence-corrected chi connectivity index (χ3v) is 5.55. The van der Waals surface area contributed by atoms with Crippen LogP contribution in [0.3, 0.4) is 0 Å². The summed E-state index contributed by atoms with van der Waals surface area (Å²) in [4.78, 5) is 35.3. The van der Waals surface area contributed by atoms with E-state index in [0.29, 0.717) is 29.7 Å². The lowest BCUT2D eigenvalue weighted by atomic mass is 10.1. The molecule has 0 bridgehead atoms. The lowest BCUT2D eigenvalue weighted by Gasteiger charge is -2.29. The van der Waals surface area contributed by atoms with Crippen molar-refractivity contribution in [3.63, 3.8) is 0 Å². The molecule has 8 nitrogen and oxygen atoms in total. The summed E-state index contributed by atoms with van der Waals surface area (Å²) in [5.74, 6) is -0.475. The monoisotopic (exact) mass is 469 g/mol. The van der Waals surface area contributed by atoms with E-state index in [1.54, 1.807) is 30.6 Å². The number of hydrogen-bond donors (Lipinski definition) is 2. The van der Waals surface area contributed by atoms with E-state index in [2.05, 4.69) is 50.0 Å². The van der Waals surface area contributed by atoms with Crippen LogP contribution in [0.4, 0.5) is 4.79 Å². The summed E-state index contributed by atoms with van der Waals surface area (Å²) in [7, 11) is 0. The SMILES string of the molecule is CC(COC(=O)NNC(=O)c1ccc2nccnc2c1)N(Cc1ccccc1)Cc1ccccc1. The van der Waals surface area contributed by atoms with Gasteiger partial charge in [-0.1, -0.05) is 60.7 Å². The molecule has 2 amide bonds. The molecule has 3 aromatic carbocycles. The molecule has 0 fully saturated rings. The summed E-state index contributed by atoms with van der Waals surface area (Å²) >= 11 is 0. The number of hydrazine groups is 1. The first kappa shape index (κ1) is 23.8. The van der Waals surface area contributed by atoms with Crippen LogP contribution >= 0.6 is 0 Å². The molecule has 0 aliphatic rings. The number of nitrogens with zero attached hydrogens (tertiary/aromatic N) is 3. The lowest BCUT2D eigenvalue weighted by Crippen LogP contribution is -2.44. The van der Waals surface area contributed by atoms with Crippen molar-refractivity contribution >= 4 is 23.0 Å². The van der Waals surface area contributed by atoms with Crippen molar-refractivity contribution in [2.24, 2.45) is 0 Å². The molecular weight excluding hydrogens is 442 g/mol. The van der Waals surface area contributed by atoms with Crippen LogP contribution in [0, 0.1) is 0 Å².